The molecular weight excluding hydrogens is 323 g/mol. The van der Waals surface area contributed by atoms with E-state index in [2.05, 4.69) is 10.6 Å². The molecule has 0 aliphatic carbocycles. The van der Waals surface area contributed by atoms with Crippen LogP contribution in [0.25, 0.3) is 0 Å². The van der Waals surface area contributed by atoms with Gasteiger partial charge in [0, 0.05) is 38.4 Å². The van der Waals surface area contributed by atoms with Crippen LogP contribution in [0.1, 0.15) is 51.4 Å². The molecule has 6 heteroatoms. The van der Waals surface area contributed by atoms with E-state index in [4.69, 9.17) is 9.47 Å². The van der Waals surface area contributed by atoms with Crippen LogP contribution in [0.3, 0.4) is 0 Å². The molecule has 4 heterocycles. The molecule has 22 heavy (non-hydrogen) atoms. The zero-order chi connectivity index (χ0) is 13.9. The first-order valence-corrected chi connectivity index (χ1v) is 8.34. The predicted octanol–water partition coefficient (Wildman–Crippen LogP) is 2.68. The van der Waals surface area contributed by atoms with E-state index in [1.54, 1.807) is 0 Å². The monoisotopic (exact) mass is 354 g/mol. The van der Waals surface area contributed by atoms with Crippen LogP contribution in [-0.4, -0.2) is 50.6 Å². The maximum Gasteiger partial charge on any atom is 0.0601 e. The number of hydrogen-bond donors (Lipinski definition) is 2. The lowest BCUT2D eigenvalue weighted by atomic mass is 10.0. The summed E-state index contributed by atoms with van der Waals surface area (Å²) in [6.07, 6.45) is 11.5. The fourth-order valence-corrected chi connectivity index (χ4v) is 4.40. The van der Waals surface area contributed by atoms with E-state index >= 15 is 0 Å². The first-order valence-electron chi connectivity index (χ1n) is 8.34. The van der Waals surface area contributed by atoms with Gasteiger partial charge in [-0.2, -0.15) is 0 Å². The molecule has 0 spiro atoms. The smallest absolute Gasteiger partial charge is 0.0601 e. The third-order valence-corrected chi connectivity index (χ3v) is 5.53. The Kier molecular flexibility index (Phi) is 8.98. The molecule has 0 radical (unpaired) electrons. The minimum atomic E-state index is 0. The summed E-state index contributed by atoms with van der Waals surface area (Å²) in [5, 5.41) is 7.15. The lowest BCUT2D eigenvalue weighted by molar-refractivity contribution is 0.0599. The van der Waals surface area contributed by atoms with E-state index < -0.39 is 0 Å². The molecule has 0 amide bonds. The second-order valence-electron chi connectivity index (χ2n) is 6.93. The second-order valence-corrected chi connectivity index (χ2v) is 6.93. The number of fused-ring (bicyclic) bond motifs is 4. The standard InChI is InChI=1S/2C8H15NO.2ClH/c2*1-10-8-4-6-2-3-7(5-8)9-6;;/h2*6-9H,2-5H2,1H3;2*1H/t2*6-,7+,8?;;. The highest BCUT2D eigenvalue weighted by Gasteiger charge is 2.33. The summed E-state index contributed by atoms with van der Waals surface area (Å²) in [5.74, 6) is 0. The number of piperidine rings is 2. The van der Waals surface area contributed by atoms with Crippen LogP contribution in [0, 0.1) is 0 Å². The van der Waals surface area contributed by atoms with Crippen LogP contribution in [0.15, 0.2) is 0 Å². The zero-order valence-electron chi connectivity index (χ0n) is 13.8. The van der Waals surface area contributed by atoms with Crippen molar-refractivity contribution in [3.8, 4) is 0 Å². The van der Waals surface area contributed by atoms with E-state index in [0.717, 1.165) is 24.2 Å². The van der Waals surface area contributed by atoms with Crippen molar-refractivity contribution in [3.05, 3.63) is 0 Å². The van der Waals surface area contributed by atoms with Crippen molar-refractivity contribution < 1.29 is 9.47 Å². The summed E-state index contributed by atoms with van der Waals surface area (Å²) >= 11 is 0. The molecule has 4 fully saturated rings. The van der Waals surface area contributed by atoms with Crippen molar-refractivity contribution >= 4 is 24.8 Å². The van der Waals surface area contributed by atoms with Crippen molar-refractivity contribution in [3.63, 3.8) is 0 Å². The quantitative estimate of drug-likeness (QED) is 0.799. The fourth-order valence-electron chi connectivity index (χ4n) is 4.40. The molecule has 0 saturated carbocycles. The Morgan fingerprint density at radius 3 is 1.09 bits per heavy atom. The van der Waals surface area contributed by atoms with Gasteiger partial charge in [0.05, 0.1) is 12.2 Å². The number of methoxy groups -OCH3 is 2. The summed E-state index contributed by atoms with van der Waals surface area (Å²) < 4.78 is 10.7. The number of nitrogens with one attached hydrogen (secondary N) is 2. The van der Waals surface area contributed by atoms with E-state index in [1.807, 2.05) is 14.2 Å². The normalized spacial score (nSPS) is 41.7. The van der Waals surface area contributed by atoms with Gasteiger partial charge in [-0.3, -0.25) is 0 Å². The van der Waals surface area contributed by atoms with Crippen LogP contribution < -0.4 is 10.6 Å². The third kappa shape index (κ3) is 5.22. The Labute approximate surface area is 147 Å². The summed E-state index contributed by atoms with van der Waals surface area (Å²) in [6.45, 7) is 0. The topological polar surface area (TPSA) is 42.5 Å². The first-order chi connectivity index (χ1) is 9.76. The summed E-state index contributed by atoms with van der Waals surface area (Å²) in [7, 11) is 3.66. The van der Waals surface area contributed by atoms with E-state index in [1.165, 1.54) is 51.4 Å². The maximum absolute atomic E-state index is 5.33. The highest BCUT2D eigenvalue weighted by atomic mass is 35.5. The van der Waals surface area contributed by atoms with Crippen LogP contribution >= 0.6 is 24.8 Å². The molecule has 0 aromatic heterocycles. The van der Waals surface area contributed by atoms with Gasteiger partial charge in [0.25, 0.3) is 0 Å². The Balaban J connectivity index is 0.000000202. The van der Waals surface area contributed by atoms with E-state index in [0.29, 0.717) is 12.2 Å². The second kappa shape index (κ2) is 9.65. The molecule has 0 aromatic rings. The molecule has 2 unspecified atom stereocenters. The fraction of sp³-hybridized carbons (Fsp3) is 1.00. The minimum absolute atomic E-state index is 0. The van der Waals surface area contributed by atoms with Crippen LogP contribution in [0.5, 0.6) is 0 Å². The van der Waals surface area contributed by atoms with Gasteiger partial charge >= 0.3 is 0 Å². The van der Waals surface area contributed by atoms with Crippen molar-refractivity contribution in [1.29, 1.82) is 0 Å². The zero-order valence-corrected chi connectivity index (χ0v) is 15.4. The van der Waals surface area contributed by atoms with E-state index in [-0.39, 0.29) is 24.8 Å². The lowest BCUT2D eigenvalue weighted by Crippen LogP contribution is -2.40. The average Bonchev–Trinajstić information content (AvgIpc) is 3.00. The Bertz CT molecular complexity index is 269. The molecule has 2 N–H and O–H groups in total. The molecule has 4 bridgehead atoms. The number of rotatable bonds is 2. The maximum atomic E-state index is 5.33. The first kappa shape index (κ1) is 20.5. The van der Waals surface area contributed by atoms with Crippen molar-refractivity contribution in [2.75, 3.05) is 14.2 Å². The van der Waals surface area contributed by atoms with Crippen molar-refractivity contribution in [1.82, 2.24) is 10.6 Å². The highest BCUT2D eigenvalue weighted by Crippen LogP contribution is 2.28. The molecule has 4 nitrogen and oxygen atoms in total. The molecule has 4 saturated heterocycles. The average molecular weight is 355 g/mol. The van der Waals surface area contributed by atoms with Crippen LogP contribution in [-0.2, 0) is 9.47 Å². The Morgan fingerprint density at radius 2 is 0.864 bits per heavy atom. The Morgan fingerprint density at radius 1 is 0.591 bits per heavy atom. The van der Waals surface area contributed by atoms with Crippen LogP contribution in [0.2, 0.25) is 0 Å². The lowest BCUT2D eigenvalue weighted by Gasteiger charge is -2.27. The van der Waals surface area contributed by atoms with Gasteiger partial charge in [0.2, 0.25) is 0 Å². The summed E-state index contributed by atoms with van der Waals surface area (Å²) in [6, 6.07) is 3.07. The molecule has 4 aliphatic rings. The van der Waals surface area contributed by atoms with Gasteiger partial charge in [-0.25, -0.2) is 0 Å². The third-order valence-electron chi connectivity index (χ3n) is 5.53. The van der Waals surface area contributed by atoms with Gasteiger partial charge < -0.3 is 20.1 Å². The Hall–Kier alpha value is 0.420. The largest absolute Gasteiger partial charge is 0.381 e. The molecular formula is C16H32Cl2N2O2. The van der Waals surface area contributed by atoms with Crippen molar-refractivity contribution in [2.24, 2.45) is 0 Å². The molecule has 4 rings (SSSR count). The number of halogens is 2. The molecule has 4 aliphatic heterocycles. The van der Waals surface area contributed by atoms with Gasteiger partial charge in [0.15, 0.2) is 0 Å². The van der Waals surface area contributed by atoms with Gasteiger partial charge in [-0.05, 0) is 51.4 Å². The SMILES string of the molecule is COC1C[C@H]2CC[C@@H](C1)N2.COC1C[C@H]2CC[C@@H](C1)N2.Cl.Cl. The summed E-state index contributed by atoms with van der Waals surface area (Å²) in [5.41, 5.74) is 0. The molecule has 0 aromatic carbocycles. The van der Waals surface area contributed by atoms with Crippen molar-refractivity contribution in [2.45, 2.75) is 87.7 Å². The predicted molar refractivity (Wildman–Crippen MR) is 94.4 cm³/mol. The number of hydrogen-bond acceptors (Lipinski definition) is 4. The highest BCUT2D eigenvalue weighted by molar-refractivity contribution is 5.85. The molecule has 132 valence electrons. The van der Waals surface area contributed by atoms with Gasteiger partial charge in [-0.1, -0.05) is 0 Å². The number of ether oxygens (including phenoxy) is 2. The van der Waals surface area contributed by atoms with Crippen LogP contribution in [0.4, 0.5) is 0 Å². The summed E-state index contributed by atoms with van der Waals surface area (Å²) in [4.78, 5) is 0. The molecule has 6 atom stereocenters. The van der Waals surface area contributed by atoms with Gasteiger partial charge in [0.1, 0.15) is 0 Å². The van der Waals surface area contributed by atoms with Gasteiger partial charge in [-0.15, -0.1) is 24.8 Å². The minimum Gasteiger partial charge on any atom is -0.381 e. The van der Waals surface area contributed by atoms with E-state index in [9.17, 15) is 0 Å².